The van der Waals surface area contributed by atoms with Gasteiger partial charge in [0, 0.05) is 44.4 Å². The van der Waals surface area contributed by atoms with Gasteiger partial charge in [0.1, 0.15) is 17.2 Å². The number of hydrogen-bond acceptors (Lipinski definition) is 6. The topological polar surface area (TPSA) is 127 Å². The molecule has 3 aromatic heterocycles. The van der Waals surface area contributed by atoms with Gasteiger partial charge in [-0.1, -0.05) is 24.3 Å². The van der Waals surface area contributed by atoms with E-state index in [0.717, 1.165) is 58.7 Å². The number of aromatic amines is 2. The van der Waals surface area contributed by atoms with Crippen LogP contribution in [-0.2, 0) is 4.74 Å². The molecule has 0 aliphatic carbocycles. The average molecular weight is 599 g/mol. The predicted molar refractivity (Wildman–Crippen MR) is 166 cm³/mol. The number of nitrogens with zero attached hydrogens (tertiary/aromatic N) is 4. The Morgan fingerprint density at radius 3 is 1.88 bits per heavy atom. The molecule has 2 amide bonds. The summed E-state index contributed by atoms with van der Waals surface area (Å²) in [6.45, 7) is 6.84. The standard InChI is InChI=1S/C32H34N6O4S/c1-32(2,3)42-31(41)38-13-5-7-25(38)29-34-17-23(36-29)19-9-11-21-20-10-8-18(14-26(20)43-27(21)15-19)22-16-33-28(35-22)24-6-4-12-37(24)30(39)40/h8-11,14-17,24-25H,4-7,12-13H2,1-3H3,(H,33,35)(H,34,36)(H,39,40). The summed E-state index contributed by atoms with van der Waals surface area (Å²) in [6.07, 6.45) is 5.82. The van der Waals surface area contributed by atoms with Crippen LogP contribution in [0.15, 0.2) is 48.8 Å². The maximum atomic E-state index is 12.8. The third-order valence-corrected chi connectivity index (χ3v) is 9.41. The van der Waals surface area contributed by atoms with E-state index < -0.39 is 11.7 Å². The first kappa shape index (κ1) is 27.5. The second-order valence-corrected chi connectivity index (χ2v) is 13.4. The van der Waals surface area contributed by atoms with Gasteiger partial charge in [-0.05, 0) is 58.6 Å². The lowest BCUT2D eigenvalue weighted by Crippen LogP contribution is -2.36. The number of carbonyl (C=O) groups excluding carboxylic acids is 1. The Balaban J connectivity index is 1.14. The molecular weight excluding hydrogens is 564 g/mol. The molecule has 2 fully saturated rings. The molecule has 0 radical (unpaired) electrons. The molecule has 11 heteroatoms. The quantitative estimate of drug-likeness (QED) is 0.194. The lowest BCUT2D eigenvalue weighted by Gasteiger charge is -2.27. The highest BCUT2D eigenvalue weighted by Crippen LogP contribution is 2.39. The molecule has 5 aromatic rings. The van der Waals surface area contributed by atoms with Crippen molar-refractivity contribution in [3.8, 4) is 22.5 Å². The van der Waals surface area contributed by atoms with Crippen molar-refractivity contribution in [2.45, 2.75) is 64.1 Å². The molecule has 2 unspecified atom stereocenters. The normalized spacial score (nSPS) is 19.1. The minimum atomic E-state index is -0.904. The SMILES string of the molecule is CC(C)(C)OC(=O)N1CCCC1c1ncc(-c2ccc3c(c2)sc2cc(-c4cnc(C5CCCN5C(=O)O)[nH]4)ccc23)[nH]1. The first-order chi connectivity index (χ1) is 20.6. The number of H-pyrrole nitrogens is 2. The Hall–Kier alpha value is -4.38. The number of carbonyl (C=O) groups is 2. The highest BCUT2D eigenvalue weighted by Gasteiger charge is 2.35. The van der Waals surface area contributed by atoms with Crippen LogP contribution >= 0.6 is 11.3 Å². The van der Waals surface area contributed by atoms with E-state index in [9.17, 15) is 14.7 Å². The molecular formula is C32H34N6O4S. The van der Waals surface area contributed by atoms with Gasteiger partial charge in [-0.25, -0.2) is 19.6 Å². The lowest BCUT2D eigenvalue weighted by molar-refractivity contribution is 0.0218. The van der Waals surface area contributed by atoms with Crippen molar-refractivity contribution >= 4 is 43.7 Å². The number of amides is 2. The number of carboxylic acid groups (broad SMARTS) is 1. The summed E-state index contributed by atoms with van der Waals surface area (Å²) < 4.78 is 7.97. The monoisotopic (exact) mass is 598 g/mol. The van der Waals surface area contributed by atoms with Gasteiger partial charge in [-0.2, -0.15) is 0 Å². The van der Waals surface area contributed by atoms with Crippen molar-refractivity contribution < 1.29 is 19.4 Å². The Kier molecular flexibility index (Phi) is 6.65. The number of likely N-dealkylation sites (tertiary alicyclic amines) is 2. The second kappa shape index (κ2) is 10.4. The van der Waals surface area contributed by atoms with Crippen LogP contribution in [0, 0.1) is 0 Å². The van der Waals surface area contributed by atoms with Crippen molar-refractivity contribution in [1.82, 2.24) is 29.7 Å². The van der Waals surface area contributed by atoms with Crippen molar-refractivity contribution in [3.63, 3.8) is 0 Å². The van der Waals surface area contributed by atoms with Gasteiger partial charge in [-0.15, -0.1) is 11.3 Å². The number of imidazole rings is 2. The molecule has 5 heterocycles. The molecule has 3 N–H and O–H groups in total. The fourth-order valence-corrected chi connectivity index (χ4v) is 7.47. The average Bonchev–Trinajstić information content (AvgIpc) is 3.79. The molecule has 2 aromatic carbocycles. The number of thiophene rings is 1. The van der Waals surface area contributed by atoms with Crippen molar-refractivity contribution in [2.24, 2.45) is 0 Å². The third kappa shape index (κ3) is 5.11. The summed E-state index contributed by atoms with van der Waals surface area (Å²) in [5.74, 6) is 1.48. The number of aromatic nitrogens is 4. The molecule has 10 nitrogen and oxygen atoms in total. The molecule has 222 valence electrons. The summed E-state index contributed by atoms with van der Waals surface area (Å²) in [4.78, 5) is 43.7. The minimum Gasteiger partial charge on any atom is -0.465 e. The van der Waals surface area contributed by atoms with Crippen molar-refractivity contribution in [1.29, 1.82) is 0 Å². The highest BCUT2D eigenvalue weighted by atomic mass is 32.1. The van der Waals surface area contributed by atoms with Crippen LogP contribution in [0.5, 0.6) is 0 Å². The van der Waals surface area contributed by atoms with Crippen molar-refractivity contribution in [2.75, 3.05) is 13.1 Å². The smallest absolute Gasteiger partial charge is 0.410 e. The number of hydrogen-bond donors (Lipinski definition) is 3. The minimum absolute atomic E-state index is 0.126. The van der Waals surface area contributed by atoms with Crippen LogP contribution in [0.1, 0.15) is 70.2 Å². The zero-order chi connectivity index (χ0) is 29.9. The molecule has 2 saturated heterocycles. The number of ether oxygens (including phenoxy) is 1. The number of rotatable bonds is 4. The van der Waals surface area contributed by atoms with E-state index in [2.05, 4.69) is 56.3 Å². The first-order valence-electron chi connectivity index (χ1n) is 14.7. The van der Waals surface area contributed by atoms with Gasteiger partial charge in [0.25, 0.3) is 0 Å². The van der Waals surface area contributed by atoms with E-state index in [-0.39, 0.29) is 18.2 Å². The van der Waals surface area contributed by atoms with Crippen LogP contribution in [0.25, 0.3) is 42.7 Å². The second-order valence-electron chi connectivity index (χ2n) is 12.4. The molecule has 2 aliphatic heterocycles. The summed E-state index contributed by atoms with van der Waals surface area (Å²) >= 11 is 1.73. The fraction of sp³-hybridized carbons (Fsp3) is 0.375. The van der Waals surface area contributed by atoms with Gasteiger partial charge < -0.3 is 19.8 Å². The Morgan fingerprint density at radius 1 is 0.860 bits per heavy atom. The Labute approximate surface area is 252 Å². The summed E-state index contributed by atoms with van der Waals surface area (Å²) in [7, 11) is 0. The van der Waals surface area contributed by atoms with Crippen LogP contribution < -0.4 is 0 Å². The van der Waals surface area contributed by atoms with Crippen LogP contribution in [0.2, 0.25) is 0 Å². The third-order valence-electron chi connectivity index (χ3n) is 8.30. The molecule has 7 rings (SSSR count). The van der Waals surface area contributed by atoms with E-state index in [1.807, 2.05) is 27.0 Å². The van der Waals surface area contributed by atoms with E-state index in [0.29, 0.717) is 18.9 Å². The number of benzene rings is 2. The van der Waals surface area contributed by atoms with Crippen LogP contribution in [-0.4, -0.2) is 65.7 Å². The fourth-order valence-electron chi connectivity index (χ4n) is 6.29. The summed E-state index contributed by atoms with van der Waals surface area (Å²) in [6, 6.07) is 12.5. The Morgan fingerprint density at radius 2 is 1.37 bits per heavy atom. The van der Waals surface area contributed by atoms with Gasteiger partial charge in [0.05, 0.1) is 35.9 Å². The molecule has 2 aliphatic rings. The lowest BCUT2D eigenvalue weighted by atomic mass is 10.1. The number of fused-ring (bicyclic) bond motifs is 3. The molecule has 43 heavy (non-hydrogen) atoms. The van der Waals surface area contributed by atoms with E-state index >= 15 is 0 Å². The van der Waals surface area contributed by atoms with Gasteiger partial charge in [0.2, 0.25) is 0 Å². The molecule has 2 atom stereocenters. The van der Waals surface area contributed by atoms with Gasteiger partial charge in [-0.3, -0.25) is 9.80 Å². The van der Waals surface area contributed by atoms with E-state index in [4.69, 9.17) is 4.74 Å². The van der Waals surface area contributed by atoms with E-state index in [1.54, 1.807) is 22.4 Å². The molecule has 0 saturated carbocycles. The largest absolute Gasteiger partial charge is 0.465 e. The van der Waals surface area contributed by atoms with Gasteiger partial charge >= 0.3 is 12.2 Å². The maximum Gasteiger partial charge on any atom is 0.410 e. The maximum absolute atomic E-state index is 12.8. The Bertz CT molecular complexity index is 1850. The number of nitrogens with one attached hydrogen (secondary N) is 2. The first-order valence-corrected chi connectivity index (χ1v) is 15.5. The zero-order valence-corrected chi connectivity index (χ0v) is 25.2. The highest BCUT2D eigenvalue weighted by molar-refractivity contribution is 7.25. The molecule has 0 bridgehead atoms. The van der Waals surface area contributed by atoms with E-state index in [1.165, 1.54) is 20.4 Å². The van der Waals surface area contributed by atoms with Crippen LogP contribution in [0.4, 0.5) is 9.59 Å². The zero-order valence-electron chi connectivity index (χ0n) is 24.4. The summed E-state index contributed by atoms with van der Waals surface area (Å²) in [5, 5.41) is 11.9. The van der Waals surface area contributed by atoms with Crippen molar-refractivity contribution in [3.05, 3.63) is 60.4 Å². The van der Waals surface area contributed by atoms with Gasteiger partial charge in [0.15, 0.2) is 0 Å². The predicted octanol–water partition coefficient (Wildman–Crippen LogP) is 7.72. The molecule has 0 spiro atoms. The van der Waals surface area contributed by atoms with Crippen LogP contribution in [0.3, 0.4) is 0 Å². The summed E-state index contributed by atoms with van der Waals surface area (Å²) in [5.41, 5.74) is 3.31.